The molecule has 0 bridgehead atoms. The molecule has 0 saturated carbocycles. The van der Waals surface area contributed by atoms with E-state index in [9.17, 15) is 22.8 Å². The second-order valence-electron chi connectivity index (χ2n) is 5.98. The third-order valence-electron chi connectivity index (χ3n) is 3.81. The van der Waals surface area contributed by atoms with E-state index in [-0.39, 0.29) is 22.4 Å². The summed E-state index contributed by atoms with van der Waals surface area (Å²) in [6, 6.07) is 7.55. The van der Waals surface area contributed by atoms with Gasteiger partial charge in [-0.2, -0.15) is 0 Å². The molecule has 6 nitrogen and oxygen atoms in total. The lowest BCUT2D eigenvalue weighted by Crippen LogP contribution is -2.22. The van der Waals surface area contributed by atoms with Gasteiger partial charge >= 0.3 is 5.57 Å². The maximum absolute atomic E-state index is 13.5. The summed E-state index contributed by atoms with van der Waals surface area (Å²) < 4.78 is 44.1. The number of nitrogens with one attached hydrogen (secondary N) is 1. The van der Waals surface area contributed by atoms with Crippen molar-refractivity contribution in [2.45, 2.75) is 5.57 Å². The summed E-state index contributed by atoms with van der Waals surface area (Å²) in [6.45, 7) is 0. The number of amides is 1. The van der Waals surface area contributed by atoms with Crippen LogP contribution in [0.2, 0.25) is 0 Å². The summed E-state index contributed by atoms with van der Waals surface area (Å²) in [5, 5.41) is 2.56. The molecule has 3 rings (SSSR count). The number of rotatable bonds is 5. The normalized spacial score (nSPS) is 11.2. The molecule has 0 fully saturated rings. The number of pyridine rings is 2. The van der Waals surface area contributed by atoms with E-state index in [2.05, 4.69) is 15.0 Å². The van der Waals surface area contributed by atoms with Crippen LogP contribution in [0.5, 0.6) is 5.75 Å². The highest BCUT2D eigenvalue weighted by Gasteiger charge is 2.27. The minimum Gasteiger partial charge on any atom is -0.420 e. The van der Waals surface area contributed by atoms with E-state index < -0.39 is 22.9 Å². The maximum Gasteiger partial charge on any atom is 0.487 e. The molecule has 0 atom stereocenters. The lowest BCUT2D eigenvalue weighted by molar-refractivity contribution is -0.0964. The first-order valence-electron chi connectivity index (χ1n) is 8.11. The zero-order chi connectivity index (χ0) is 21.2. The number of carbonyl (C=O) groups excluding carboxylic acids is 1. The van der Waals surface area contributed by atoms with Gasteiger partial charge in [-0.15, -0.1) is 8.78 Å². The number of hydrogen-bond acceptors (Lipinski definition) is 4. The van der Waals surface area contributed by atoms with Crippen molar-refractivity contribution in [1.29, 1.82) is 0 Å². The monoisotopic (exact) mass is 423 g/mol. The zero-order valence-electron chi connectivity index (χ0n) is 14.8. The molecule has 0 saturated heterocycles. The summed E-state index contributed by atoms with van der Waals surface area (Å²) in [4.78, 5) is 28.6. The van der Waals surface area contributed by atoms with E-state index in [4.69, 9.17) is 11.6 Å². The summed E-state index contributed by atoms with van der Waals surface area (Å²) in [7, 11) is 1.45. The van der Waals surface area contributed by atoms with Crippen LogP contribution in [0.25, 0.3) is 11.1 Å². The van der Waals surface area contributed by atoms with Gasteiger partial charge in [-0.05, 0) is 36.4 Å². The first-order chi connectivity index (χ1) is 13.6. The summed E-state index contributed by atoms with van der Waals surface area (Å²) in [6.07, 6.45) is 3.63. The Morgan fingerprint density at radius 1 is 1.21 bits per heavy atom. The number of benzene rings is 1. The fourth-order valence-corrected chi connectivity index (χ4v) is 2.63. The third kappa shape index (κ3) is 5.14. The second kappa shape index (κ2) is 7.96. The largest absolute Gasteiger partial charge is 0.487 e. The van der Waals surface area contributed by atoms with Gasteiger partial charge in [0.25, 0.3) is 11.5 Å². The number of anilines is 1. The molecule has 1 N–H and O–H groups in total. The standard InChI is InChI=1S/C19H13ClF3N3O3/c1-26-10-12(7-16(18(26)28)11-6-13(21)9-24-8-11)17(27)25-14-2-4-15(5-3-14)29-19(20,22)23/h2-10H,1H3,(H,25,27). The van der Waals surface area contributed by atoms with Gasteiger partial charge in [-0.25, -0.2) is 4.39 Å². The quantitative estimate of drug-likeness (QED) is 0.629. The van der Waals surface area contributed by atoms with Gasteiger partial charge in [-0.3, -0.25) is 14.6 Å². The summed E-state index contributed by atoms with van der Waals surface area (Å²) in [5.41, 5.74) is -3.54. The van der Waals surface area contributed by atoms with E-state index in [1.807, 2.05) is 0 Å². The molecule has 1 aromatic carbocycles. The molecule has 0 unspecified atom stereocenters. The number of hydrogen-bond donors (Lipinski definition) is 1. The number of alkyl halides is 3. The van der Waals surface area contributed by atoms with Gasteiger partial charge < -0.3 is 14.6 Å². The predicted octanol–water partition coefficient (Wildman–Crippen LogP) is 4.01. The molecule has 2 heterocycles. The second-order valence-corrected chi connectivity index (χ2v) is 6.42. The van der Waals surface area contributed by atoms with E-state index in [0.717, 1.165) is 12.3 Å². The molecule has 3 aromatic rings. The predicted molar refractivity (Wildman–Crippen MR) is 101 cm³/mol. The van der Waals surface area contributed by atoms with Crippen LogP contribution in [0.4, 0.5) is 18.9 Å². The van der Waals surface area contributed by atoms with Crippen molar-refractivity contribution in [2.75, 3.05) is 5.32 Å². The number of nitrogens with zero attached hydrogens (tertiary/aromatic N) is 2. The molecule has 0 spiro atoms. The molecule has 0 aliphatic rings. The minimum atomic E-state index is -3.85. The van der Waals surface area contributed by atoms with Gasteiger partial charge in [0.1, 0.15) is 11.6 Å². The van der Waals surface area contributed by atoms with Gasteiger partial charge in [0.15, 0.2) is 0 Å². The first kappa shape index (κ1) is 20.4. The van der Waals surface area contributed by atoms with Crippen LogP contribution in [0.3, 0.4) is 0 Å². The van der Waals surface area contributed by atoms with Crippen molar-refractivity contribution in [3.8, 4) is 16.9 Å². The fraction of sp³-hybridized carbons (Fsp3) is 0.105. The van der Waals surface area contributed by atoms with Crippen molar-refractivity contribution in [1.82, 2.24) is 9.55 Å². The van der Waals surface area contributed by atoms with Crippen LogP contribution in [0.1, 0.15) is 10.4 Å². The Kier molecular flexibility index (Phi) is 5.60. The molecular formula is C19H13ClF3N3O3. The van der Waals surface area contributed by atoms with Gasteiger partial charge in [0.05, 0.1) is 11.8 Å². The van der Waals surface area contributed by atoms with Gasteiger partial charge in [0, 0.05) is 47.9 Å². The van der Waals surface area contributed by atoms with Crippen LogP contribution in [-0.4, -0.2) is 21.0 Å². The Bertz CT molecular complexity index is 1110. The molecule has 150 valence electrons. The number of aromatic nitrogens is 2. The molecular weight excluding hydrogens is 411 g/mol. The molecule has 10 heteroatoms. The van der Waals surface area contributed by atoms with E-state index >= 15 is 0 Å². The number of aryl methyl sites for hydroxylation is 1. The molecule has 1 amide bonds. The van der Waals surface area contributed by atoms with Crippen LogP contribution >= 0.6 is 11.6 Å². The molecule has 2 aromatic heterocycles. The van der Waals surface area contributed by atoms with Crippen molar-refractivity contribution >= 4 is 23.2 Å². The van der Waals surface area contributed by atoms with Crippen LogP contribution < -0.4 is 15.6 Å². The van der Waals surface area contributed by atoms with E-state index in [0.29, 0.717) is 5.69 Å². The molecule has 0 radical (unpaired) electrons. The van der Waals surface area contributed by atoms with Crippen molar-refractivity contribution < 1.29 is 22.7 Å². The fourth-order valence-electron chi connectivity index (χ4n) is 2.55. The number of carbonyl (C=O) groups is 1. The van der Waals surface area contributed by atoms with Crippen molar-refractivity contribution in [3.63, 3.8) is 0 Å². The van der Waals surface area contributed by atoms with E-state index in [1.54, 1.807) is 0 Å². The molecule has 0 aliphatic heterocycles. The Morgan fingerprint density at radius 2 is 1.90 bits per heavy atom. The number of halogens is 4. The SMILES string of the molecule is Cn1cc(C(=O)Nc2ccc(OC(F)(F)Cl)cc2)cc(-c2cncc(F)c2)c1=O. The summed E-state index contributed by atoms with van der Waals surface area (Å²) >= 11 is 4.69. The highest BCUT2D eigenvalue weighted by Crippen LogP contribution is 2.26. The Labute approximate surface area is 167 Å². The maximum atomic E-state index is 13.5. The van der Waals surface area contributed by atoms with E-state index in [1.165, 1.54) is 54.3 Å². The molecule has 29 heavy (non-hydrogen) atoms. The van der Waals surface area contributed by atoms with Gasteiger partial charge in [0.2, 0.25) is 0 Å². The zero-order valence-corrected chi connectivity index (χ0v) is 15.6. The van der Waals surface area contributed by atoms with Crippen LogP contribution in [0.15, 0.2) is 59.8 Å². The lowest BCUT2D eigenvalue weighted by atomic mass is 10.1. The average Bonchev–Trinajstić information content (AvgIpc) is 2.64. The Morgan fingerprint density at radius 3 is 2.52 bits per heavy atom. The Balaban J connectivity index is 1.85. The highest BCUT2D eigenvalue weighted by molar-refractivity contribution is 6.20. The topological polar surface area (TPSA) is 73.2 Å². The first-order valence-corrected chi connectivity index (χ1v) is 8.49. The lowest BCUT2D eigenvalue weighted by Gasteiger charge is -2.12. The van der Waals surface area contributed by atoms with Crippen molar-refractivity contribution in [2.24, 2.45) is 7.05 Å². The minimum absolute atomic E-state index is 0.0974. The van der Waals surface area contributed by atoms with Crippen LogP contribution in [0, 0.1) is 5.82 Å². The average molecular weight is 424 g/mol. The third-order valence-corrected chi connectivity index (χ3v) is 3.88. The Hall–Kier alpha value is -3.33. The van der Waals surface area contributed by atoms with Crippen molar-refractivity contribution in [3.05, 3.63) is 76.7 Å². The van der Waals surface area contributed by atoms with Crippen LogP contribution in [-0.2, 0) is 7.05 Å². The molecule has 0 aliphatic carbocycles. The summed E-state index contributed by atoms with van der Waals surface area (Å²) in [5.74, 6) is -1.38. The number of ether oxygens (including phenoxy) is 1. The smallest absolute Gasteiger partial charge is 0.420 e. The van der Waals surface area contributed by atoms with Gasteiger partial charge in [-0.1, -0.05) is 0 Å². The highest BCUT2D eigenvalue weighted by atomic mass is 35.5.